The summed E-state index contributed by atoms with van der Waals surface area (Å²) in [6.45, 7) is 0. The van der Waals surface area contributed by atoms with E-state index >= 15 is 0 Å². The van der Waals surface area contributed by atoms with Crippen LogP contribution in [0.25, 0.3) is 0 Å². The zero-order valence-electron chi connectivity index (χ0n) is 19.6. The molecular weight excluding hydrogens is 428 g/mol. The van der Waals surface area contributed by atoms with Crippen molar-refractivity contribution in [2.45, 2.75) is 24.8 Å². The molecule has 0 radical (unpaired) electrons. The zero-order valence-corrected chi connectivity index (χ0v) is 19.6. The van der Waals surface area contributed by atoms with Crippen molar-refractivity contribution < 1.29 is 19.0 Å². The maximum atomic E-state index is 13.7. The highest BCUT2D eigenvalue weighted by atomic mass is 16.5. The molecule has 2 aliphatic rings. The summed E-state index contributed by atoms with van der Waals surface area (Å²) in [4.78, 5) is 13.7. The quantitative estimate of drug-likeness (QED) is 0.514. The minimum atomic E-state index is -0.318. The molecule has 1 aliphatic carbocycles. The number of methoxy groups -OCH3 is 3. The number of carbonyl (C=O) groups is 1. The minimum absolute atomic E-state index is 0.0298. The first-order chi connectivity index (χ1) is 16.6. The fourth-order valence-corrected chi connectivity index (χ4v) is 4.97. The van der Waals surface area contributed by atoms with Gasteiger partial charge in [0, 0.05) is 23.3 Å². The van der Waals surface area contributed by atoms with Gasteiger partial charge >= 0.3 is 0 Å². The number of benzene rings is 3. The topological polar surface area (TPSA) is 68.8 Å². The zero-order chi connectivity index (χ0) is 23.7. The van der Waals surface area contributed by atoms with Gasteiger partial charge in [0.05, 0.1) is 38.7 Å². The van der Waals surface area contributed by atoms with Crippen molar-refractivity contribution in [2.24, 2.45) is 0 Å². The lowest BCUT2D eigenvalue weighted by Gasteiger charge is -2.30. The Morgan fingerprint density at radius 3 is 2.24 bits per heavy atom. The van der Waals surface area contributed by atoms with Gasteiger partial charge in [-0.1, -0.05) is 36.4 Å². The van der Waals surface area contributed by atoms with Crippen LogP contribution in [0.2, 0.25) is 0 Å². The highest BCUT2D eigenvalue weighted by Gasteiger charge is 2.37. The number of allylic oxidation sites excluding steroid dienone is 1. The van der Waals surface area contributed by atoms with Crippen molar-refractivity contribution in [3.05, 3.63) is 89.1 Å². The van der Waals surface area contributed by atoms with Gasteiger partial charge in [0.15, 0.2) is 17.3 Å². The first-order valence-corrected chi connectivity index (χ1v) is 11.4. The molecule has 174 valence electrons. The largest absolute Gasteiger partial charge is 0.496 e. The van der Waals surface area contributed by atoms with Gasteiger partial charge in [0.1, 0.15) is 5.75 Å². The van der Waals surface area contributed by atoms with Gasteiger partial charge in [0.25, 0.3) is 0 Å². The molecule has 2 N–H and O–H groups in total. The second kappa shape index (κ2) is 9.14. The van der Waals surface area contributed by atoms with Crippen LogP contribution in [0, 0.1) is 0 Å². The summed E-state index contributed by atoms with van der Waals surface area (Å²) in [7, 11) is 4.91. The van der Waals surface area contributed by atoms with Crippen molar-refractivity contribution >= 4 is 17.2 Å². The second-order valence-electron chi connectivity index (χ2n) is 8.52. The predicted molar refractivity (Wildman–Crippen MR) is 133 cm³/mol. The lowest BCUT2D eigenvalue weighted by molar-refractivity contribution is -0.116. The van der Waals surface area contributed by atoms with Gasteiger partial charge in [-0.3, -0.25) is 4.79 Å². The molecule has 3 aromatic carbocycles. The van der Waals surface area contributed by atoms with E-state index in [-0.39, 0.29) is 17.7 Å². The van der Waals surface area contributed by atoms with Crippen molar-refractivity contribution in [2.75, 3.05) is 32.0 Å². The van der Waals surface area contributed by atoms with Crippen LogP contribution in [-0.4, -0.2) is 27.1 Å². The van der Waals surface area contributed by atoms with Crippen LogP contribution in [0.1, 0.15) is 35.9 Å². The maximum Gasteiger partial charge on any atom is 0.163 e. The van der Waals surface area contributed by atoms with Crippen LogP contribution < -0.4 is 24.8 Å². The highest BCUT2D eigenvalue weighted by Crippen LogP contribution is 2.46. The van der Waals surface area contributed by atoms with Crippen molar-refractivity contribution in [3.63, 3.8) is 0 Å². The van der Waals surface area contributed by atoms with Crippen LogP contribution in [-0.2, 0) is 4.79 Å². The number of anilines is 2. The highest BCUT2D eigenvalue weighted by molar-refractivity contribution is 6.01. The Morgan fingerprint density at radius 2 is 1.47 bits per heavy atom. The molecule has 1 aliphatic heterocycles. The molecule has 0 saturated heterocycles. The number of ketones is 1. The van der Waals surface area contributed by atoms with Gasteiger partial charge in [-0.15, -0.1) is 0 Å². The Balaban J connectivity index is 1.60. The summed E-state index contributed by atoms with van der Waals surface area (Å²) in [6, 6.07) is 21.5. The standard InChI is InChI=1S/C28H28N2O4/c1-32-24-11-7-4-8-19(24)28-27-22(29-20-9-5-6-10-21(20)30-28)14-18(15-23(27)31)17-12-13-25(33-2)26(16-17)34-3/h4-13,16,18,28-30H,14-15H2,1-3H3/t18-,28-/m1/s1. The van der Waals surface area contributed by atoms with Crippen LogP contribution >= 0.6 is 0 Å². The summed E-state index contributed by atoms with van der Waals surface area (Å²) in [5.74, 6) is 2.24. The number of para-hydroxylation sites is 3. The Morgan fingerprint density at radius 1 is 0.765 bits per heavy atom. The molecule has 0 amide bonds. The summed E-state index contributed by atoms with van der Waals surface area (Å²) in [5, 5.41) is 7.19. The Bertz CT molecular complexity index is 1270. The van der Waals surface area contributed by atoms with Crippen molar-refractivity contribution in [3.8, 4) is 17.2 Å². The number of ether oxygens (including phenoxy) is 3. The summed E-state index contributed by atoms with van der Waals surface area (Å²) in [6.07, 6.45) is 1.12. The Kier molecular flexibility index (Phi) is 5.88. The van der Waals surface area contributed by atoms with E-state index in [2.05, 4.69) is 10.6 Å². The molecule has 0 fully saturated rings. The van der Waals surface area contributed by atoms with E-state index in [1.165, 1.54) is 0 Å². The van der Waals surface area contributed by atoms with Gasteiger partial charge in [0.2, 0.25) is 0 Å². The van der Waals surface area contributed by atoms with E-state index < -0.39 is 0 Å². The van der Waals surface area contributed by atoms with Gasteiger partial charge in [-0.05, 0) is 48.2 Å². The molecule has 0 bridgehead atoms. The summed E-state index contributed by atoms with van der Waals surface area (Å²) < 4.78 is 16.6. The number of hydrogen-bond donors (Lipinski definition) is 2. The number of nitrogens with one attached hydrogen (secondary N) is 2. The molecule has 0 saturated carbocycles. The summed E-state index contributed by atoms with van der Waals surface area (Å²) >= 11 is 0. The van der Waals surface area contributed by atoms with Crippen molar-refractivity contribution in [1.29, 1.82) is 0 Å². The lowest BCUT2D eigenvalue weighted by atomic mass is 9.78. The molecule has 3 aromatic rings. The van der Waals surface area contributed by atoms with E-state index in [0.29, 0.717) is 24.3 Å². The molecule has 0 aromatic heterocycles. The normalized spacial score (nSPS) is 19.2. The number of Topliss-reactive ketones (excluding diaryl/α,β-unsaturated/α-hetero) is 1. The predicted octanol–water partition coefficient (Wildman–Crippen LogP) is 5.69. The van der Waals surface area contributed by atoms with Gasteiger partial charge in [-0.2, -0.15) is 0 Å². The molecule has 0 spiro atoms. The maximum absolute atomic E-state index is 13.7. The van der Waals surface area contributed by atoms with E-state index in [9.17, 15) is 4.79 Å². The second-order valence-corrected chi connectivity index (χ2v) is 8.52. The third-order valence-corrected chi connectivity index (χ3v) is 6.64. The molecule has 0 unspecified atom stereocenters. The number of fused-ring (bicyclic) bond motifs is 1. The molecule has 34 heavy (non-hydrogen) atoms. The summed E-state index contributed by atoms with van der Waals surface area (Å²) in [5.41, 5.74) is 5.59. The first kappa shape index (κ1) is 21.9. The fraction of sp³-hybridized carbons (Fsp3) is 0.250. The number of rotatable bonds is 5. The van der Waals surface area contributed by atoms with Gasteiger partial charge < -0.3 is 24.8 Å². The van der Waals surface area contributed by atoms with Crippen LogP contribution in [0.5, 0.6) is 17.2 Å². The average molecular weight is 457 g/mol. The third kappa shape index (κ3) is 3.85. The molecule has 1 heterocycles. The number of carbonyl (C=O) groups excluding carboxylic acids is 1. The van der Waals surface area contributed by atoms with E-state index in [4.69, 9.17) is 14.2 Å². The molecule has 5 rings (SSSR count). The third-order valence-electron chi connectivity index (χ3n) is 6.64. The first-order valence-electron chi connectivity index (χ1n) is 11.4. The van der Waals surface area contributed by atoms with Crippen LogP contribution in [0.4, 0.5) is 11.4 Å². The smallest absolute Gasteiger partial charge is 0.163 e. The number of hydrogen-bond acceptors (Lipinski definition) is 6. The Hall–Kier alpha value is -3.93. The molecular formula is C28H28N2O4. The van der Waals surface area contributed by atoms with Crippen molar-refractivity contribution in [1.82, 2.24) is 0 Å². The monoisotopic (exact) mass is 456 g/mol. The minimum Gasteiger partial charge on any atom is -0.496 e. The van der Waals surface area contributed by atoms with Crippen LogP contribution in [0.15, 0.2) is 78.0 Å². The SMILES string of the molecule is COc1ccc([C@H]2CC(=O)C3=C(C2)Nc2ccccc2N[C@@H]3c2ccccc2OC)cc1OC. The van der Waals surface area contributed by atoms with E-state index in [1.54, 1.807) is 21.3 Å². The molecule has 6 nitrogen and oxygen atoms in total. The van der Waals surface area contributed by atoms with Gasteiger partial charge in [-0.25, -0.2) is 0 Å². The fourth-order valence-electron chi connectivity index (χ4n) is 4.97. The Labute approximate surface area is 199 Å². The average Bonchev–Trinajstić information content (AvgIpc) is 3.05. The molecule has 2 atom stereocenters. The van der Waals surface area contributed by atoms with E-state index in [0.717, 1.165) is 39.5 Å². The van der Waals surface area contributed by atoms with Crippen LogP contribution in [0.3, 0.4) is 0 Å². The lowest BCUT2D eigenvalue weighted by Crippen LogP contribution is -2.27. The molecule has 6 heteroatoms. The van der Waals surface area contributed by atoms with E-state index in [1.807, 2.05) is 66.7 Å².